The number of fused-ring (bicyclic) bond motifs is 1. The maximum absolute atomic E-state index is 12.8. The maximum Gasteiger partial charge on any atom is 0.323 e. The van der Waals surface area contributed by atoms with Crippen LogP contribution in [0.5, 0.6) is 0 Å². The first-order valence-corrected chi connectivity index (χ1v) is 9.34. The van der Waals surface area contributed by atoms with E-state index in [2.05, 4.69) is 36.6 Å². The molecule has 2 aliphatic heterocycles. The lowest BCUT2D eigenvalue weighted by Crippen LogP contribution is -2.57. The van der Waals surface area contributed by atoms with Crippen LogP contribution in [0.15, 0.2) is 36.0 Å². The minimum atomic E-state index is -0.972. The Labute approximate surface area is 154 Å². The Morgan fingerprint density at radius 1 is 1.27 bits per heavy atom. The van der Waals surface area contributed by atoms with E-state index in [1.165, 1.54) is 10.5 Å². The molecule has 2 unspecified atom stereocenters. The molecule has 0 aliphatic carbocycles. The molecule has 1 amide bonds. The van der Waals surface area contributed by atoms with Crippen molar-refractivity contribution >= 4 is 11.9 Å². The van der Waals surface area contributed by atoms with Crippen molar-refractivity contribution in [2.24, 2.45) is 0 Å². The van der Waals surface area contributed by atoms with Gasteiger partial charge in [-0.2, -0.15) is 0 Å². The van der Waals surface area contributed by atoms with Gasteiger partial charge in [0.15, 0.2) is 0 Å². The number of carbonyl (C=O) groups is 2. The lowest BCUT2D eigenvalue weighted by Gasteiger charge is -2.41. The molecule has 6 heteroatoms. The third kappa shape index (κ3) is 3.90. The number of aliphatic carboxylic acids is 1. The summed E-state index contributed by atoms with van der Waals surface area (Å²) in [4.78, 5) is 25.4. The fraction of sp³-hybridized carbons (Fsp3) is 0.500. The second kappa shape index (κ2) is 7.91. The number of rotatable bonds is 7. The van der Waals surface area contributed by atoms with Crippen LogP contribution in [-0.4, -0.2) is 46.0 Å². The molecule has 3 rings (SSSR count). The number of carboxylic acids is 1. The Morgan fingerprint density at radius 3 is 2.65 bits per heavy atom. The lowest BCUT2D eigenvalue weighted by atomic mass is 10.0. The molecule has 1 fully saturated rings. The van der Waals surface area contributed by atoms with Gasteiger partial charge in [-0.25, -0.2) is 5.43 Å². The summed E-state index contributed by atoms with van der Waals surface area (Å²) >= 11 is 0. The second-order valence-electron chi connectivity index (χ2n) is 7.17. The number of carbonyl (C=O) groups excluding carboxylic acids is 1. The first-order chi connectivity index (χ1) is 12.5. The number of carboxylic acid groups (broad SMARTS) is 1. The first kappa shape index (κ1) is 18.5. The van der Waals surface area contributed by atoms with Crippen molar-refractivity contribution in [3.05, 3.63) is 47.2 Å². The van der Waals surface area contributed by atoms with Crippen molar-refractivity contribution in [2.75, 3.05) is 13.1 Å². The van der Waals surface area contributed by atoms with E-state index in [0.29, 0.717) is 12.2 Å². The summed E-state index contributed by atoms with van der Waals surface area (Å²) in [5.41, 5.74) is 6.32. The predicted molar refractivity (Wildman–Crippen MR) is 99.1 cm³/mol. The molecule has 0 aromatic heterocycles. The van der Waals surface area contributed by atoms with Gasteiger partial charge in [-0.05, 0) is 25.0 Å². The smallest absolute Gasteiger partial charge is 0.323 e. The summed E-state index contributed by atoms with van der Waals surface area (Å²) < 4.78 is 0. The molecule has 1 aromatic carbocycles. The fourth-order valence-corrected chi connectivity index (χ4v) is 3.65. The van der Waals surface area contributed by atoms with Crippen LogP contribution in [0.1, 0.15) is 49.8 Å². The minimum Gasteiger partial charge on any atom is -0.480 e. The van der Waals surface area contributed by atoms with E-state index >= 15 is 0 Å². The SMILES string of the molecule is CCCCCC1CN(CC(=O)O)C(=O)C2=CC(c3ccc(C)cc3)NN21. The van der Waals surface area contributed by atoms with Crippen LogP contribution in [0, 0.1) is 6.92 Å². The summed E-state index contributed by atoms with van der Waals surface area (Å²) in [5.74, 6) is -1.18. The van der Waals surface area contributed by atoms with Crippen LogP contribution >= 0.6 is 0 Å². The summed E-state index contributed by atoms with van der Waals surface area (Å²) in [6.45, 7) is 4.40. The van der Waals surface area contributed by atoms with Crippen molar-refractivity contribution in [2.45, 2.75) is 51.6 Å². The number of piperazine rings is 1. The number of nitrogens with one attached hydrogen (secondary N) is 1. The van der Waals surface area contributed by atoms with Crippen molar-refractivity contribution < 1.29 is 14.7 Å². The Bertz CT molecular complexity index is 699. The van der Waals surface area contributed by atoms with Gasteiger partial charge in [-0.3, -0.25) is 14.6 Å². The Kier molecular flexibility index (Phi) is 5.61. The highest BCUT2D eigenvalue weighted by Gasteiger charge is 2.41. The van der Waals surface area contributed by atoms with E-state index in [1.807, 2.05) is 18.0 Å². The molecule has 0 spiro atoms. The van der Waals surface area contributed by atoms with Crippen LogP contribution in [0.4, 0.5) is 0 Å². The van der Waals surface area contributed by atoms with Gasteiger partial charge in [-0.15, -0.1) is 0 Å². The summed E-state index contributed by atoms with van der Waals surface area (Å²) in [6, 6.07) is 8.28. The molecule has 26 heavy (non-hydrogen) atoms. The second-order valence-corrected chi connectivity index (χ2v) is 7.17. The van der Waals surface area contributed by atoms with Gasteiger partial charge in [0.2, 0.25) is 0 Å². The minimum absolute atomic E-state index is 0.0620. The zero-order chi connectivity index (χ0) is 18.7. The van der Waals surface area contributed by atoms with E-state index < -0.39 is 5.97 Å². The summed E-state index contributed by atoms with van der Waals surface area (Å²) in [7, 11) is 0. The van der Waals surface area contributed by atoms with Crippen molar-refractivity contribution in [3.63, 3.8) is 0 Å². The fourth-order valence-electron chi connectivity index (χ4n) is 3.65. The molecule has 2 aliphatic rings. The van der Waals surface area contributed by atoms with Crippen LogP contribution in [0.2, 0.25) is 0 Å². The Morgan fingerprint density at radius 2 is 2.00 bits per heavy atom. The van der Waals surface area contributed by atoms with Crippen molar-refractivity contribution in [1.82, 2.24) is 15.3 Å². The molecule has 1 aromatic rings. The topological polar surface area (TPSA) is 72.9 Å². The van der Waals surface area contributed by atoms with E-state index in [9.17, 15) is 9.59 Å². The molecule has 140 valence electrons. The number of nitrogens with zero attached hydrogens (tertiary/aromatic N) is 2. The molecule has 6 nitrogen and oxygen atoms in total. The van der Waals surface area contributed by atoms with Gasteiger partial charge in [0, 0.05) is 6.54 Å². The molecule has 2 atom stereocenters. The van der Waals surface area contributed by atoms with E-state index in [1.54, 1.807) is 0 Å². The first-order valence-electron chi connectivity index (χ1n) is 9.34. The normalized spacial score (nSPS) is 22.4. The van der Waals surface area contributed by atoms with Gasteiger partial charge in [0.05, 0.1) is 12.1 Å². The van der Waals surface area contributed by atoms with E-state index in [4.69, 9.17) is 5.11 Å². The van der Waals surface area contributed by atoms with Crippen LogP contribution < -0.4 is 5.43 Å². The molecular formula is C20H27N3O3. The molecule has 1 saturated heterocycles. The lowest BCUT2D eigenvalue weighted by molar-refractivity contribution is -0.146. The number of benzene rings is 1. The number of hydrogen-bond acceptors (Lipinski definition) is 4. The largest absolute Gasteiger partial charge is 0.480 e. The molecular weight excluding hydrogens is 330 g/mol. The molecule has 0 radical (unpaired) electrons. The van der Waals surface area contributed by atoms with Gasteiger partial charge in [0.1, 0.15) is 12.2 Å². The van der Waals surface area contributed by atoms with Gasteiger partial charge in [-0.1, -0.05) is 56.0 Å². The van der Waals surface area contributed by atoms with Crippen LogP contribution in [0.3, 0.4) is 0 Å². The van der Waals surface area contributed by atoms with Gasteiger partial charge >= 0.3 is 5.97 Å². The monoisotopic (exact) mass is 357 g/mol. The predicted octanol–water partition coefficient (Wildman–Crippen LogP) is 2.62. The molecule has 2 heterocycles. The van der Waals surface area contributed by atoms with Crippen LogP contribution in [0.25, 0.3) is 0 Å². The molecule has 0 bridgehead atoms. The zero-order valence-electron chi connectivity index (χ0n) is 15.4. The number of aryl methyl sites for hydroxylation is 1. The molecule has 2 N–H and O–H groups in total. The summed E-state index contributed by atoms with van der Waals surface area (Å²) in [5, 5.41) is 11.1. The van der Waals surface area contributed by atoms with Crippen LogP contribution in [-0.2, 0) is 9.59 Å². The third-order valence-electron chi connectivity index (χ3n) is 5.07. The van der Waals surface area contributed by atoms with E-state index in [-0.39, 0.29) is 24.5 Å². The zero-order valence-corrected chi connectivity index (χ0v) is 15.4. The highest BCUT2D eigenvalue weighted by atomic mass is 16.4. The van der Waals surface area contributed by atoms with E-state index in [0.717, 1.165) is 31.2 Å². The Balaban J connectivity index is 1.82. The highest BCUT2D eigenvalue weighted by molar-refractivity contribution is 5.96. The number of amides is 1. The average Bonchev–Trinajstić information content (AvgIpc) is 3.05. The maximum atomic E-state index is 12.8. The van der Waals surface area contributed by atoms with Crippen molar-refractivity contribution in [1.29, 1.82) is 0 Å². The standard InChI is InChI=1S/C20H27N3O3/c1-3-4-5-6-16-12-22(13-19(24)25)20(26)18-11-17(21-23(16)18)15-9-7-14(2)8-10-15/h7-11,16-17,21H,3-6,12-13H2,1-2H3,(H,24,25). The summed E-state index contributed by atoms with van der Waals surface area (Å²) in [6.07, 6.45) is 6.19. The Hall–Kier alpha value is -2.34. The third-order valence-corrected chi connectivity index (χ3v) is 5.07. The average molecular weight is 357 g/mol. The number of hydrazine groups is 1. The van der Waals surface area contributed by atoms with Crippen molar-refractivity contribution in [3.8, 4) is 0 Å². The number of hydrogen-bond donors (Lipinski definition) is 2. The number of unbranched alkanes of at least 4 members (excludes halogenated alkanes) is 2. The highest BCUT2D eigenvalue weighted by Crippen LogP contribution is 2.32. The quantitative estimate of drug-likeness (QED) is 0.734. The van der Waals surface area contributed by atoms with Gasteiger partial charge < -0.3 is 10.0 Å². The molecule has 0 saturated carbocycles. The van der Waals surface area contributed by atoms with Gasteiger partial charge in [0.25, 0.3) is 5.91 Å².